The number of halogens is 3. The highest BCUT2D eigenvalue weighted by Crippen LogP contribution is 2.38. The van der Waals surface area contributed by atoms with Gasteiger partial charge in [-0.05, 0) is 38.0 Å². The summed E-state index contributed by atoms with van der Waals surface area (Å²) in [6.07, 6.45) is -3.87. The third-order valence-electron chi connectivity index (χ3n) is 4.21. The molecule has 2 atom stereocenters. The molecule has 0 aliphatic carbocycles. The van der Waals surface area contributed by atoms with Gasteiger partial charge in [-0.15, -0.1) is 0 Å². The third kappa shape index (κ3) is 6.37. The van der Waals surface area contributed by atoms with Crippen LogP contribution in [-0.2, 0) is 4.79 Å². The van der Waals surface area contributed by atoms with Crippen LogP contribution in [-0.4, -0.2) is 22.7 Å². The van der Waals surface area contributed by atoms with E-state index in [0.717, 1.165) is 6.92 Å². The molecule has 0 fully saturated rings. The molecule has 0 spiro atoms. The topological polar surface area (TPSA) is 37.3 Å². The zero-order valence-electron chi connectivity index (χ0n) is 14.0. The Labute approximate surface area is 126 Å². The quantitative estimate of drug-likeness (QED) is 0.702. The van der Waals surface area contributed by atoms with Crippen LogP contribution in [0.15, 0.2) is 0 Å². The van der Waals surface area contributed by atoms with E-state index in [4.69, 9.17) is 0 Å². The maximum atomic E-state index is 12.8. The van der Waals surface area contributed by atoms with Crippen LogP contribution in [0, 0.1) is 17.3 Å². The molecule has 0 amide bonds. The van der Waals surface area contributed by atoms with Crippen molar-refractivity contribution in [1.82, 2.24) is 0 Å². The van der Waals surface area contributed by atoms with Crippen molar-refractivity contribution in [3.05, 3.63) is 0 Å². The highest BCUT2D eigenvalue weighted by Gasteiger charge is 2.50. The highest BCUT2D eigenvalue weighted by molar-refractivity contribution is 5.84. The summed E-state index contributed by atoms with van der Waals surface area (Å²) in [4.78, 5) is 12.3. The summed E-state index contributed by atoms with van der Waals surface area (Å²) in [5, 5.41) is 9.67. The zero-order valence-corrected chi connectivity index (χ0v) is 14.0. The van der Waals surface area contributed by atoms with Crippen LogP contribution in [0.5, 0.6) is 0 Å². The number of carbonyl (C=O) groups excluding carboxylic acids is 1. The molecule has 0 rings (SSSR count). The summed E-state index contributed by atoms with van der Waals surface area (Å²) >= 11 is 0. The molecule has 2 unspecified atom stereocenters. The Bertz CT molecular complexity index is 344. The van der Waals surface area contributed by atoms with Crippen molar-refractivity contribution < 1.29 is 23.1 Å². The zero-order chi connectivity index (χ0) is 17.1. The molecule has 0 aliphatic rings. The van der Waals surface area contributed by atoms with Gasteiger partial charge in [-0.25, -0.2) is 0 Å². The summed E-state index contributed by atoms with van der Waals surface area (Å²) in [6.45, 7) is 10.1. The molecule has 126 valence electrons. The Morgan fingerprint density at radius 1 is 1.14 bits per heavy atom. The smallest absolute Gasteiger partial charge is 0.381 e. The molecule has 0 saturated heterocycles. The number of hydrogen-bond donors (Lipinski definition) is 1. The van der Waals surface area contributed by atoms with Gasteiger partial charge in [-0.3, -0.25) is 4.79 Å². The van der Waals surface area contributed by atoms with Crippen molar-refractivity contribution in [2.45, 2.75) is 79.0 Å². The van der Waals surface area contributed by atoms with E-state index in [2.05, 4.69) is 0 Å². The summed E-state index contributed by atoms with van der Waals surface area (Å²) < 4.78 is 38.5. The van der Waals surface area contributed by atoms with Gasteiger partial charge in [0, 0.05) is 11.8 Å². The average molecular weight is 310 g/mol. The fraction of sp³-hybridized carbons (Fsp3) is 0.938. The highest BCUT2D eigenvalue weighted by atomic mass is 19.4. The minimum Gasteiger partial charge on any atom is -0.381 e. The minimum absolute atomic E-state index is 0.0337. The van der Waals surface area contributed by atoms with Crippen molar-refractivity contribution in [3.8, 4) is 0 Å². The number of rotatable bonds is 8. The molecule has 0 aromatic carbocycles. The monoisotopic (exact) mass is 310 g/mol. The maximum absolute atomic E-state index is 12.8. The third-order valence-corrected chi connectivity index (χ3v) is 4.21. The average Bonchev–Trinajstić information content (AvgIpc) is 2.25. The van der Waals surface area contributed by atoms with Crippen LogP contribution in [0.2, 0.25) is 0 Å². The molecule has 0 heterocycles. The van der Waals surface area contributed by atoms with E-state index in [1.807, 2.05) is 34.6 Å². The predicted molar refractivity (Wildman–Crippen MR) is 77.9 cm³/mol. The van der Waals surface area contributed by atoms with Gasteiger partial charge in [0.2, 0.25) is 0 Å². The minimum atomic E-state index is -4.68. The number of aliphatic hydroxyl groups is 1. The Balaban J connectivity index is 5.03. The first-order valence-electron chi connectivity index (χ1n) is 7.55. The Morgan fingerprint density at radius 2 is 1.62 bits per heavy atom. The second kappa shape index (κ2) is 7.12. The fourth-order valence-corrected chi connectivity index (χ4v) is 2.32. The van der Waals surface area contributed by atoms with Crippen LogP contribution < -0.4 is 0 Å². The molecule has 0 aromatic heterocycles. The number of alkyl halides is 3. The van der Waals surface area contributed by atoms with Gasteiger partial charge in [-0.2, -0.15) is 13.2 Å². The van der Waals surface area contributed by atoms with Gasteiger partial charge in [0.25, 0.3) is 0 Å². The van der Waals surface area contributed by atoms with E-state index >= 15 is 0 Å². The Hall–Kier alpha value is -0.580. The second-order valence-electron chi connectivity index (χ2n) is 7.34. The predicted octanol–water partition coefficient (Wildman–Crippen LogP) is 4.75. The lowest BCUT2D eigenvalue weighted by molar-refractivity contribution is -0.258. The van der Waals surface area contributed by atoms with Gasteiger partial charge in [-0.1, -0.05) is 34.6 Å². The molecular formula is C16H29F3O2. The molecular weight excluding hydrogens is 281 g/mol. The van der Waals surface area contributed by atoms with Crippen molar-refractivity contribution >= 4 is 5.78 Å². The molecule has 0 bridgehead atoms. The number of carbonyl (C=O) groups is 1. The lowest BCUT2D eigenvalue weighted by atomic mass is 9.76. The van der Waals surface area contributed by atoms with Crippen LogP contribution in [0.1, 0.15) is 67.2 Å². The normalized spacial score (nSPS) is 17.7. The molecule has 5 heteroatoms. The maximum Gasteiger partial charge on any atom is 0.416 e. The number of ketones is 1. The molecule has 1 N–H and O–H groups in total. The molecule has 2 nitrogen and oxygen atoms in total. The van der Waals surface area contributed by atoms with Gasteiger partial charge in [0.1, 0.15) is 5.78 Å². The first-order valence-corrected chi connectivity index (χ1v) is 7.55. The molecule has 21 heavy (non-hydrogen) atoms. The SMILES string of the molecule is CCC(C)(C)C(=O)CC(CC(C)C)CC(C)(O)C(F)(F)F. The van der Waals surface area contributed by atoms with E-state index in [1.165, 1.54) is 0 Å². The van der Waals surface area contributed by atoms with Crippen molar-refractivity contribution in [1.29, 1.82) is 0 Å². The van der Waals surface area contributed by atoms with Crippen molar-refractivity contribution in [2.75, 3.05) is 0 Å². The van der Waals surface area contributed by atoms with Crippen LogP contribution in [0.3, 0.4) is 0 Å². The first kappa shape index (κ1) is 20.4. The largest absolute Gasteiger partial charge is 0.416 e. The van der Waals surface area contributed by atoms with Crippen LogP contribution >= 0.6 is 0 Å². The summed E-state index contributed by atoms with van der Waals surface area (Å²) in [5.74, 6) is -0.315. The van der Waals surface area contributed by atoms with Gasteiger partial charge >= 0.3 is 6.18 Å². The lowest BCUT2D eigenvalue weighted by Gasteiger charge is -2.32. The van der Waals surface area contributed by atoms with Crippen LogP contribution in [0.4, 0.5) is 13.2 Å². The molecule has 0 radical (unpaired) electrons. The fourth-order valence-electron chi connectivity index (χ4n) is 2.32. The van der Waals surface area contributed by atoms with Gasteiger partial charge < -0.3 is 5.11 Å². The summed E-state index contributed by atoms with van der Waals surface area (Å²) in [7, 11) is 0. The van der Waals surface area contributed by atoms with Gasteiger partial charge in [0.15, 0.2) is 5.60 Å². The second-order valence-corrected chi connectivity index (χ2v) is 7.34. The van der Waals surface area contributed by atoms with E-state index < -0.39 is 29.5 Å². The summed E-state index contributed by atoms with van der Waals surface area (Å²) in [5.41, 5.74) is -3.28. The van der Waals surface area contributed by atoms with E-state index in [9.17, 15) is 23.1 Å². The standard InChI is InChI=1S/C16H29F3O2/c1-7-14(4,5)13(20)9-12(8-11(2)3)10-15(6,21)16(17,18)19/h11-12,21H,7-10H2,1-6H3. The Morgan fingerprint density at radius 3 is 1.95 bits per heavy atom. The van der Waals surface area contributed by atoms with Crippen molar-refractivity contribution in [3.63, 3.8) is 0 Å². The number of hydrogen-bond acceptors (Lipinski definition) is 2. The lowest BCUT2D eigenvalue weighted by Crippen LogP contribution is -2.44. The molecule has 0 aliphatic heterocycles. The summed E-state index contributed by atoms with van der Waals surface area (Å²) in [6, 6.07) is 0. The van der Waals surface area contributed by atoms with Crippen LogP contribution in [0.25, 0.3) is 0 Å². The molecule has 0 saturated carbocycles. The molecule has 0 aromatic rings. The van der Waals surface area contributed by atoms with Gasteiger partial charge in [0.05, 0.1) is 0 Å². The number of Topliss-reactive ketones (excluding diaryl/α,β-unsaturated/α-hetero) is 1. The van der Waals surface area contributed by atoms with Crippen molar-refractivity contribution in [2.24, 2.45) is 17.3 Å². The first-order chi connectivity index (χ1) is 9.23. The van der Waals surface area contributed by atoms with E-state index in [0.29, 0.717) is 12.8 Å². The Kier molecular flexibility index (Phi) is 6.92. The van der Waals surface area contributed by atoms with E-state index in [-0.39, 0.29) is 18.1 Å². The van der Waals surface area contributed by atoms with E-state index in [1.54, 1.807) is 0 Å².